The van der Waals surface area contributed by atoms with E-state index in [0.717, 1.165) is 10.2 Å². The Labute approximate surface area is 173 Å². The van der Waals surface area contributed by atoms with Crippen molar-refractivity contribution in [3.05, 3.63) is 42.5 Å². The number of thiazole rings is 1. The maximum Gasteiger partial charge on any atom is 0.273 e. The summed E-state index contributed by atoms with van der Waals surface area (Å²) >= 11 is 1.46. The highest BCUT2D eigenvalue weighted by Gasteiger charge is 2.33. The molecule has 2 aromatic carbocycles. The summed E-state index contributed by atoms with van der Waals surface area (Å²) in [5.74, 6) is 1.76. The van der Waals surface area contributed by atoms with Gasteiger partial charge in [-0.25, -0.2) is 4.98 Å². The first-order valence-electron chi connectivity index (χ1n) is 9.35. The van der Waals surface area contributed by atoms with Crippen LogP contribution in [0.4, 0.5) is 5.13 Å². The third-order valence-corrected chi connectivity index (χ3v) is 5.69. The lowest BCUT2D eigenvalue weighted by atomic mass is 10.2. The van der Waals surface area contributed by atoms with E-state index >= 15 is 0 Å². The molecule has 1 atom stereocenters. The Balaban J connectivity index is 1.64. The smallest absolute Gasteiger partial charge is 0.273 e. The Kier molecular flexibility index (Phi) is 5.55. The third kappa shape index (κ3) is 3.99. The molecule has 0 saturated carbocycles. The molecule has 1 aromatic heterocycles. The quantitative estimate of drug-likeness (QED) is 0.619. The number of aromatic nitrogens is 1. The van der Waals surface area contributed by atoms with Crippen molar-refractivity contribution in [2.24, 2.45) is 0 Å². The maximum absolute atomic E-state index is 13.4. The lowest BCUT2D eigenvalue weighted by Crippen LogP contribution is -2.48. The number of hydrogen-bond acceptors (Lipinski definition) is 7. The number of nitrogens with zero attached hydrogens (tertiary/aromatic N) is 3. The van der Waals surface area contributed by atoms with Crippen LogP contribution >= 0.6 is 11.3 Å². The van der Waals surface area contributed by atoms with Gasteiger partial charge in [0.1, 0.15) is 17.9 Å². The van der Waals surface area contributed by atoms with Crippen LogP contribution in [-0.4, -0.2) is 62.8 Å². The highest BCUT2D eigenvalue weighted by molar-refractivity contribution is 7.22. The van der Waals surface area contributed by atoms with Crippen molar-refractivity contribution in [1.82, 2.24) is 9.88 Å². The predicted molar refractivity (Wildman–Crippen MR) is 113 cm³/mol. The maximum atomic E-state index is 13.4. The van der Waals surface area contributed by atoms with Crippen molar-refractivity contribution >= 4 is 32.6 Å². The van der Waals surface area contributed by atoms with Crippen molar-refractivity contribution in [1.29, 1.82) is 0 Å². The second kappa shape index (κ2) is 8.26. The standard InChI is InChI=1S/C21H23N3O4S/c1-23(2)11-12-24(21-22-19-16(26-3)9-6-10-18(19)29-21)20(25)17-13-27-14-7-4-5-8-15(14)28-17/h4-10,17H,11-13H2,1-3H3. The Morgan fingerprint density at radius 2 is 1.97 bits per heavy atom. The van der Waals surface area contributed by atoms with Gasteiger partial charge in [-0.1, -0.05) is 29.5 Å². The summed E-state index contributed by atoms with van der Waals surface area (Å²) in [6.07, 6.45) is -0.721. The fourth-order valence-corrected chi connectivity index (χ4v) is 4.12. The molecule has 0 radical (unpaired) electrons. The van der Waals surface area contributed by atoms with Gasteiger partial charge in [-0.2, -0.15) is 0 Å². The van der Waals surface area contributed by atoms with Crippen LogP contribution in [0.5, 0.6) is 17.2 Å². The number of anilines is 1. The van der Waals surface area contributed by atoms with Gasteiger partial charge in [0.2, 0.25) is 6.10 Å². The van der Waals surface area contributed by atoms with E-state index in [2.05, 4.69) is 0 Å². The number of hydrogen-bond donors (Lipinski definition) is 0. The second-order valence-electron chi connectivity index (χ2n) is 6.96. The van der Waals surface area contributed by atoms with Crippen LogP contribution < -0.4 is 19.1 Å². The van der Waals surface area contributed by atoms with Crippen LogP contribution in [0.1, 0.15) is 0 Å². The van der Waals surface area contributed by atoms with Crippen LogP contribution in [0.3, 0.4) is 0 Å². The summed E-state index contributed by atoms with van der Waals surface area (Å²) in [5, 5.41) is 0.624. The van der Waals surface area contributed by atoms with Crippen LogP contribution in [0, 0.1) is 0 Å². The van der Waals surface area contributed by atoms with E-state index < -0.39 is 6.10 Å². The zero-order valence-corrected chi connectivity index (χ0v) is 17.4. The zero-order valence-electron chi connectivity index (χ0n) is 16.6. The number of amides is 1. The molecule has 0 spiro atoms. The fraction of sp³-hybridized carbons (Fsp3) is 0.333. The Bertz CT molecular complexity index is 1020. The highest BCUT2D eigenvalue weighted by Crippen LogP contribution is 2.35. The summed E-state index contributed by atoms with van der Waals surface area (Å²) in [6.45, 7) is 1.36. The average Bonchev–Trinajstić information content (AvgIpc) is 3.17. The number of carbonyl (C=O) groups is 1. The Morgan fingerprint density at radius 3 is 2.72 bits per heavy atom. The molecule has 0 fully saturated rings. The van der Waals surface area contributed by atoms with Crippen molar-refractivity contribution in [3.8, 4) is 17.2 Å². The molecule has 29 heavy (non-hydrogen) atoms. The fourth-order valence-electron chi connectivity index (χ4n) is 3.11. The Hall–Kier alpha value is -2.84. The van der Waals surface area contributed by atoms with E-state index in [4.69, 9.17) is 19.2 Å². The van der Waals surface area contributed by atoms with Gasteiger partial charge in [-0.15, -0.1) is 0 Å². The number of carbonyl (C=O) groups excluding carboxylic acids is 1. The number of rotatable bonds is 6. The van der Waals surface area contributed by atoms with Gasteiger partial charge in [0.25, 0.3) is 5.91 Å². The lowest BCUT2D eigenvalue weighted by Gasteiger charge is -2.30. The van der Waals surface area contributed by atoms with Crippen molar-refractivity contribution in [2.75, 3.05) is 45.8 Å². The molecule has 1 amide bonds. The monoisotopic (exact) mass is 413 g/mol. The minimum Gasteiger partial charge on any atom is -0.494 e. The van der Waals surface area contributed by atoms with Gasteiger partial charge in [0.15, 0.2) is 16.6 Å². The molecule has 0 N–H and O–H groups in total. The minimum atomic E-state index is -0.721. The second-order valence-corrected chi connectivity index (χ2v) is 7.97. The van der Waals surface area contributed by atoms with Crippen molar-refractivity contribution in [3.63, 3.8) is 0 Å². The number of benzene rings is 2. The summed E-state index contributed by atoms with van der Waals surface area (Å²) in [4.78, 5) is 21.8. The van der Waals surface area contributed by atoms with Gasteiger partial charge >= 0.3 is 0 Å². The van der Waals surface area contributed by atoms with Gasteiger partial charge in [0.05, 0.1) is 11.8 Å². The van der Waals surface area contributed by atoms with E-state index in [1.165, 1.54) is 11.3 Å². The molecule has 7 nitrogen and oxygen atoms in total. The predicted octanol–water partition coefficient (Wildman–Crippen LogP) is 3.04. The largest absolute Gasteiger partial charge is 0.494 e. The number of ether oxygens (including phenoxy) is 3. The molecule has 4 rings (SSSR count). The van der Waals surface area contributed by atoms with Crippen LogP contribution in [0.2, 0.25) is 0 Å². The summed E-state index contributed by atoms with van der Waals surface area (Å²) in [6, 6.07) is 13.1. The van der Waals surface area contributed by atoms with E-state index in [0.29, 0.717) is 35.5 Å². The van der Waals surface area contributed by atoms with Crippen LogP contribution in [-0.2, 0) is 4.79 Å². The van der Waals surface area contributed by atoms with Gasteiger partial charge in [-0.05, 0) is 38.4 Å². The molecule has 1 unspecified atom stereocenters. The molecule has 0 bridgehead atoms. The molecule has 0 aliphatic carbocycles. The number of fused-ring (bicyclic) bond motifs is 2. The molecule has 0 saturated heterocycles. The van der Waals surface area contributed by atoms with Gasteiger partial charge < -0.3 is 19.1 Å². The van der Waals surface area contributed by atoms with E-state index in [1.54, 1.807) is 12.0 Å². The van der Waals surface area contributed by atoms with Crippen molar-refractivity contribution in [2.45, 2.75) is 6.10 Å². The number of methoxy groups -OCH3 is 1. The van der Waals surface area contributed by atoms with Gasteiger partial charge in [0, 0.05) is 13.1 Å². The van der Waals surface area contributed by atoms with Crippen LogP contribution in [0.15, 0.2) is 42.5 Å². The Morgan fingerprint density at radius 1 is 1.17 bits per heavy atom. The molecule has 3 aromatic rings. The minimum absolute atomic E-state index is 0.167. The molecule has 152 valence electrons. The van der Waals surface area contributed by atoms with E-state index in [1.807, 2.05) is 61.5 Å². The zero-order chi connectivity index (χ0) is 20.4. The summed E-state index contributed by atoms with van der Waals surface area (Å²) < 4.78 is 18.1. The number of likely N-dealkylation sites (N-methyl/N-ethyl adjacent to an activating group) is 1. The molecule has 1 aliphatic rings. The third-order valence-electron chi connectivity index (χ3n) is 4.64. The summed E-state index contributed by atoms with van der Waals surface area (Å²) in [7, 11) is 5.56. The number of para-hydroxylation sites is 3. The molecule has 1 aliphatic heterocycles. The lowest BCUT2D eigenvalue weighted by molar-refractivity contribution is -0.127. The van der Waals surface area contributed by atoms with E-state index in [-0.39, 0.29) is 12.5 Å². The average molecular weight is 413 g/mol. The van der Waals surface area contributed by atoms with E-state index in [9.17, 15) is 4.79 Å². The SMILES string of the molecule is COc1cccc2sc(N(CCN(C)C)C(=O)C3COc4ccccc4O3)nc12. The van der Waals surface area contributed by atoms with Crippen molar-refractivity contribution < 1.29 is 19.0 Å². The molecular weight excluding hydrogens is 390 g/mol. The van der Waals surface area contributed by atoms with Crippen LogP contribution in [0.25, 0.3) is 10.2 Å². The molecule has 2 heterocycles. The first kappa shape index (κ1) is 19.5. The summed E-state index contributed by atoms with van der Waals surface area (Å²) in [5.41, 5.74) is 0.754. The van der Waals surface area contributed by atoms with Gasteiger partial charge in [-0.3, -0.25) is 9.69 Å². The first-order valence-corrected chi connectivity index (χ1v) is 10.2. The highest BCUT2D eigenvalue weighted by atomic mass is 32.1. The first-order chi connectivity index (χ1) is 14.1. The molecule has 8 heteroatoms. The topological polar surface area (TPSA) is 64.1 Å². The molecular formula is C21H23N3O4S. The normalized spacial score (nSPS) is 15.5.